The predicted octanol–water partition coefficient (Wildman–Crippen LogP) is 2.13. The van der Waals surface area contributed by atoms with E-state index in [0.29, 0.717) is 0 Å². The first-order chi connectivity index (χ1) is 6.68. The number of rotatable bonds is 0. The predicted molar refractivity (Wildman–Crippen MR) is 31.1 cm³/mol. The van der Waals surface area contributed by atoms with Crippen LogP contribution in [0.15, 0.2) is 24.2 Å². The summed E-state index contributed by atoms with van der Waals surface area (Å²) in [6.45, 7) is -2.89. The normalized spacial score (nSPS) is 23.4. The van der Waals surface area contributed by atoms with Crippen LogP contribution in [0.3, 0.4) is 0 Å². The molecule has 1 rings (SSSR count). The molecule has 1 aromatic carbocycles. The standard InChI is InChI=1S/C7H7F/c1-6-4-2-3-5-7(6)8/h2-5H,1H3/i1D3,2D,3D,4D,5D. The van der Waals surface area contributed by atoms with Gasteiger partial charge in [0.05, 0.1) is 5.48 Å². The Labute approximate surface area is 57.8 Å². The summed E-state index contributed by atoms with van der Waals surface area (Å²) < 4.78 is 62.8. The quantitative estimate of drug-likeness (QED) is 0.488. The van der Waals surface area contributed by atoms with Crippen LogP contribution >= 0.6 is 0 Å². The van der Waals surface area contributed by atoms with Gasteiger partial charge in [-0.25, -0.2) is 4.39 Å². The van der Waals surface area contributed by atoms with Crippen molar-refractivity contribution in [3.05, 3.63) is 35.6 Å². The number of hydrogen-bond donors (Lipinski definition) is 0. The van der Waals surface area contributed by atoms with Crippen LogP contribution in [-0.4, -0.2) is 0 Å². The molecule has 0 fully saturated rings. The van der Waals surface area contributed by atoms with Crippen LogP contribution in [0.1, 0.15) is 15.2 Å². The van der Waals surface area contributed by atoms with Crippen LogP contribution in [-0.2, 0) is 0 Å². The number of hydrogen-bond acceptors (Lipinski definition) is 0. The van der Waals surface area contributed by atoms with E-state index in [1.165, 1.54) is 0 Å². The van der Waals surface area contributed by atoms with Gasteiger partial charge in [-0.2, -0.15) is 0 Å². The minimum absolute atomic E-state index is 0.743. The molecule has 0 aliphatic carbocycles. The van der Waals surface area contributed by atoms with Crippen molar-refractivity contribution in [3.63, 3.8) is 0 Å². The Morgan fingerprint density at radius 2 is 2.38 bits per heavy atom. The summed E-state index contributed by atoms with van der Waals surface area (Å²) in [6.07, 6.45) is 0. The zero-order valence-electron chi connectivity index (χ0n) is 10.9. The monoisotopic (exact) mass is 117 g/mol. The van der Waals surface area contributed by atoms with Gasteiger partial charge in [0, 0.05) is 4.11 Å². The average Bonchev–Trinajstić information content (AvgIpc) is 2.09. The molecule has 0 nitrogen and oxygen atoms in total. The molecule has 1 heteroatoms. The van der Waals surface area contributed by atoms with Crippen LogP contribution in [0, 0.1) is 12.7 Å². The molecule has 0 bridgehead atoms. The first kappa shape index (κ1) is 1.35. The molecule has 0 atom stereocenters. The average molecular weight is 117 g/mol. The van der Waals surface area contributed by atoms with E-state index in [9.17, 15) is 4.39 Å². The van der Waals surface area contributed by atoms with Gasteiger partial charge >= 0.3 is 0 Å². The van der Waals surface area contributed by atoms with Crippen molar-refractivity contribution in [1.29, 1.82) is 0 Å². The second kappa shape index (κ2) is 1.95. The molecule has 0 N–H and O–H groups in total. The first-order valence-electron chi connectivity index (χ1n) is 5.44. The molecule has 0 saturated heterocycles. The molecule has 0 aliphatic heterocycles. The SMILES string of the molecule is [2H]c1c([2H])c([2H])c(C([2H])([2H])[2H])c(F)c1[2H]. The lowest BCUT2D eigenvalue weighted by atomic mass is 10.2. The Kier molecular flexibility index (Phi) is 0.329. The summed E-state index contributed by atoms with van der Waals surface area (Å²) in [5.74, 6) is -1.42. The van der Waals surface area contributed by atoms with Crippen LogP contribution in [0.2, 0.25) is 0 Å². The molecule has 8 heavy (non-hydrogen) atoms. The van der Waals surface area contributed by atoms with E-state index in [2.05, 4.69) is 0 Å². The van der Waals surface area contributed by atoms with Gasteiger partial charge in [-0.3, -0.25) is 0 Å². The first-order valence-corrected chi connectivity index (χ1v) is 1.94. The van der Waals surface area contributed by atoms with Crippen LogP contribution < -0.4 is 0 Å². The fourth-order valence-electron chi connectivity index (χ4n) is 0.297. The maximum absolute atomic E-state index is 13.3. The van der Waals surface area contributed by atoms with Crippen LogP contribution in [0.4, 0.5) is 4.39 Å². The Bertz CT molecular complexity index is 380. The third kappa shape index (κ3) is 0.861. The van der Waals surface area contributed by atoms with E-state index in [4.69, 9.17) is 9.60 Å². The van der Waals surface area contributed by atoms with Gasteiger partial charge in [0.1, 0.15) is 5.82 Å². The molecular weight excluding hydrogens is 103 g/mol. The summed E-state index contributed by atoms with van der Waals surface area (Å²) in [7, 11) is 0. The number of benzene rings is 1. The minimum Gasteiger partial charge on any atom is -0.207 e. The summed E-state index contributed by atoms with van der Waals surface area (Å²) in [5.41, 5.74) is -0.964. The fourth-order valence-corrected chi connectivity index (χ4v) is 0.297. The van der Waals surface area contributed by atoms with Crippen molar-refractivity contribution in [1.82, 2.24) is 0 Å². The Hall–Kier alpha value is -0.850. The van der Waals surface area contributed by atoms with Gasteiger partial charge < -0.3 is 0 Å². The highest BCUT2D eigenvalue weighted by Crippen LogP contribution is 2.01. The molecule has 0 radical (unpaired) electrons. The van der Waals surface area contributed by atoms with Crippen LogP contribution in [0.25, 0.3) is 0 Å². The molecule has 0 unspecified atom stereocenters. The van der Waals surface area contributed by atoms with Gasteiger partial charge in [0.25, 0.3) is 0 Å². The lowest BCUT2D eigenvalue weighted by molar-refractivity contribution is 0.618. The van der Waals surface area contributed by atoms with Crippen molar-refractivity contribution in [2.45, 2.75) is 6.85 Å². The minimum atomic E-state index is -2.89. The highest BCUT2D eigenvalue weighted by molar-refractivity contribution is 5.14. The van der Waals surface area contributed by atoms with E-state index < -0.39 is 42.4 Å². The molecule has 0 heterocycles. The van der Waals surface area contributed by atoms with Crippen molar-refractivity contribution in [2.24, 2.45) is 0 Å². The van der Waals surface area contributed by atoms with E-state index in [1.54, 1.807) is 0 Å². The van der Waals surface area contributed by atoms with E-state index >= 15 is 0 Å². The highest BCUT2D eigenvalue weighted by Gasteiger charge is 1.88. The lowest BCUT2D eigenvalue weighted by Gasteiger charge is -1.89. The van der Waals surface area contributed by atoms with E-state index in [0.717, 1.165) is 0 Å². The third-order valence-corrected chi connectivity index (χ3v) is 0.642. The molecule has 0 amide bonds. The molecule has 0 spiro atoms. The number of halogens is 1. The zero-order valence-corrected chi connectivity index (χ0v) is 3.88. The lowest BCUT2D eigenvalue weighted by Crippen LogP contribution is -1.76. The summed E-state index contributed by atoms with van der Waals surface area (Å²) >= 11 is 0. The largest absolute Gasteiger partial charge is 0.207 e. The summed E-state index contributed by atoms with van der Waals surface area (Å²) in [4.78, 5) is 0. The second-order valence-electron chi connectivity index (χ2n) is 1.19. The topological polar surface area (TPSA) is 0 Å². The summed E-state index contributed by atoms with van der Waals surface area (Å²) in [5, 5.41) is 0. The molecule has 0 aromatic heterocycles. The van der Waals surface area contributed by atoms with Crippen molar-refractivity contribution in [2.75, 3.05) is 0 Å². The molecular formula is C7H7F. The smallest absolute Gasteiger partial charge is 0.126 e. The Balaban J connectivity index is 3.68. The Morgan fingerprint density at radius 3 is 3.12 bits per heavy atom. The van der Waals surface area contributed by atoms with Gasteiger partial charge in [0.15, 0.2) is 0 Å². The van der Waals surface area contributed by atoms with Gasteiger partial charge in [-0.1, -0.05) is 18.1 Å². The van der Waals surface area contributed by atoms with Crippen molar-refractivity contribution < 1.29 is 14.0 Å². The molecule has 42 valence electrons. The molecule has 1 aromatic rings. The second-order valence-corrected chi connectivity index (χ2v) is 1.19. The van der Waals surface area contributed by atoms with Gasteiger partial charge in [-0.15, -0.1) is 0 Å². The van der Waals surface area contributed by atoms with E-state index in [1.807, 2.05) is 0 Å². The fraction of sp³-hybridized carbons (Fsp3) is 0.143. The zero-order chi connectivity index (χ0) is 12.0. The molecule has 0 saturated carbocycles. The maximum atomic E-state index is 13.3. The van der Waals surface area contributed by atoms with Crippen molar-refractivity contribution in [3.8, 4) is 0 Å². The highest BCUT2D eigenvalue weighted by atomic mass is 19.1. The van der Waals surface area contributed by atoms with Gasteiger partial charge in [0.2, 0.25) is 0 Å². The van der Waals surface area contributed by atoms with E-state index in [-0.39, 0.29) is 0 Å². The Morgan fingerprint density at radius 1 is 1.62 bits per heavy atom. The maximum Gasteiger partial charge on any atom is 0.126 e. The van der Waals surface area contributed by atoms with Crippen molar-refractivity contribution >= 4 is 0 Å². The van der Waals surface area contributed by atoms with Gasteiger partial charge in [-0.05, 0) is 18.5 Å². The summed E-state index contributed by atoms with van der Waals surface area (Å²) in [6, 6.07) is -3.33. The third-order valence-electron chi connectivity index (χ3n) is 0.642. The molecule has 0 aliphatic rings. The van der Waals surface area contributed by atoms with Crippen LogP contribution in [0.5, 0.6) is 0 Å².